The maximum absolute atomic E-state index is 6.15. The van der Waals surface area contributed by atoms with Gasteiger partial charge in [-0.05, 0) is 31.2 Å². The molecule has 2 heterocycles. The van der Waals surface area contributed by atoms with Crippen LogP contribution in [0.2, 0.25) is 5.02 Å². The Morgan fingerprint density at radius 3 is 2.62 bits per heavy atom. The summed E-state index contributed by atoms with van der Waals surface area (Å²) in [5.74, 6) is 1.35. The van der Waals surface area contributed by atoms with Crippen LogP contribution in [-0.2, 0) is 0 Å². The highest BCUT2D eigenvalue weighted by Gasteiger charge is 2.19. The molecule has 1 aromatic carbocycles. The Bertz CT molecular complexity index is 690. The molecule has 1 aromatic heterocycles. The quantitative estimate of drug-likeness (QED) is 0.382. The van der Waals surface area contributed by atoms with Crippen LogP contribution in [0.25, 0.3) is 0 Å². The fourth-order valence-electron chi connectivity index (χ4n) is 2.60. The van der Waals surface area contributed by atoms with Gasteiger partial charge in [0, 0.05) is 42.8 Å². The Balaban J connectivity index is 0.00000243. The van der Waals surface area contributed by atoms with Gasteiger partial charge in [0.2, 0.25) is 0 Å². The van der Waals surface area contributed by atoms with E-state index in [0.717, 1.165) is 37.1 Å². The van der Waals surface area contributed by atoms with Crippen molar-refractivity contribution in [3.63, 3.8) is 0 Å². The number of hydrogen-bond acceptors (Lipinski definition) is 5. The molecular formula is C17H23ClIN5OS. The third kappa shape index (κ3) is 5.88. The lowest BCUT2D eigenvalue weighted by molar-refractivity contribution is 0.229. The number of nitrogens with two attached hydrogens (primary N) is 1. The number of anilines is 1. The number of hydrogen-bond donors (Lipinski definition) is 1. The summed E-state index contributed by atoms with van der Waals surface area (Å²) in [6, 6.07) is 7.32. The van der Waals surface area contributed by atoms with Crippen molar-refractivity contribution in [1.29, 1.82) is 0 Å². The molecule has 6 nitrogen and oxygen atoms in total. The number of ether oxygens (including phenoxy) is 1. The first-order valence-corrected chi connectivity index (χ1v) is 9.49. The van der Waals surface area contributed by atoms with Crippen molar-refractivity contribution in [2.24, 2.45) is 10.7 Å². The van der Waals surface area contributed by atoms with Crippen molar-refractivity contribution >= 4 is 58.0 Å². The molecule has 1 aliphatic rings. The Hall–Kier alpha value is -1.26. The van der Waals surface area contributed by atoms with E-state index < -0.39 is 0 Å². The van der Waals surface area contributed by atoms with E-state index in [-0.39, 0.29) is 30.1 Å². The van der Waals surface area contributed by atoms with E-state index in [0.29, 0.717) is 17.5 Å². The second-order valence-corrected chi connectivity index (χ2v) is 7.18. The number of guanidine groups is 1. The summed E-state index contributed by atoms with van der Waals surface area (Å²) < 4.78 is 5.82. The van der Waals surface area contributed by atoms with E-state index >= 15 is 0 Å². The smallest absolute Gasteiger partial charge is 0.191 e. The van der Waals surface area contributed by atoms with Crippen LogP contribution in [0.4, 0.5) is 5.13 Å². The maximum atomic E-state index is 6.15. The average molecular weight is 508 g/mol. The van der Waals surface area contributed by atoms with Crippen molar-refractivity contribution in [3.8, 4) is 5.75 Å². The number of piperazine rings is 1. The topological polar surface area (TPSA) is 67.0 Å². The summed E-state index contributed by atoms with van der Waals surface area (Å²) in [4.78, 5) is 13.2. The molecule has 0 amide bonds. The summed E-state index contributed by atoms with van der Waals surface area (Å²) >= 11 is 7.54. The summed E-state index contributed by atoms with van der Waals surface area (Å²) in [6.45, 7) is 6.00. The molecule has 1 saturated heterocycles. The molecule has 1 aliphatic heterocycles. The molecule has 2 aromatic rings. The van der Waals surface area contributed by atoms with Gasteiger partial charge < -0.3 is 20.3 Å². The predicted octanol–water partition coefficient (Wildman–Crippen LogP) is 3.32. The van der Waals surface area contributed by atoms with E-state index in [2.05, 4.69) is 19.8 Å². The first-order valence-electron chi connectivity index (χ1n) is 8.23. The van der Waals surface area contributed by atoms with Crippen LogP contribution >= 0.6 is 46.9 Å². The molecule has 0 aliphatic carbocycles. The second-order valence-electron chi connectivity index (χ2n) is 5.87. The zero-order chi connectivity index (χ0) is 17.6. The lowest BCUT2D eigenvalue weighted by Gasteiger charge is -2.35. The zero-order valence-electron chi connectivity index (χ0n) is 14.5. The molecule has 0 spiro atoms. The molecule has 142 valence electrons. The third-order valence-corrected chi connectivity index (χ3v) is 5.04. The summed E-state index contributed by atoms with van der Waals surface area (Å²) in [6.07, 6.45) is 1.78. The normalized spacial score (nSPS) is 16.2. The molecule has 2 N–H and O–H groups in total. The summed E-state index contributed by atoms with van der Waals surface area (Å²) in [7, 11) is 0. The van der Waals surface area contributed by atoms with E-state index in [1.807, 2.05) is 42.8 Å². The number of halogens is 2. The minimum absolute atomic E-state index is 0. The van der Waals surface area contributed by atoms with Gasteiger partial charge in [-0.25, -0.2) is 9.98 Å². The highest BCUT2D eigenvalue weighted by molar-refractivity contribution is 14.0. The van der Waals surface area contributed by atoms with E-state index in [1.165, 1.54) is 0 Å². The monoisotopic (exact) mass is 507 g/mol. The van der Waals surface area contributed by atoms with Crippen LogP contribution in [0, 0.1) is 0 Å². The first-order chi connectivity index (χ1) is 12.1. The van der Waals surface area contributed by atoms with Gasteiger partial charge in [-0.15, -0.1) is 35.3 Å². The second kappa shape index (κ2) is 10.2. The number of nitrogens with zero attached hydrogens (tertiary/aromatic N) is 4. The molecule has 1 unspecified atom stereocenters. The molecule has 3 rings (SSSR count). The maximum Gasteiger partial charge on any atom is 0.191 e. The average Bonchev–Trinajstić information content (AvgIpc) is 3.16. The van der Waals surface area contributed by atoms with Gasteiger partial charge in [-0.1, -0.05) is 11.6 Å². The number of thiazole rings is 1. The summed E-state index contributed by atoms with van der Waals surface area (Å²) in [5, 5.41) is 3.76. The number of rotatable bonds is 5. The van der Waals surface area contributed by atoms with Crippen molar-refractivity contribution in [1.82, 2.24) is 9.88 Å². The highest BCUT2D eigenvalue weighted by atomic mass is 127. The van der Waals surface area contributed by atoms with Crippen LogP contribution in [0.3, 0.4) is 0 Å². The molecule has 9 heteroatoms. The minimum atomic E-state index is -0.0590. The third-order valence-electron chi connectivity index (χ3n) is 3.95. The van der Waals surface area contributed by atoms with Gasteiger partial charge in [0.1, 0.15) is 11.9 Å². The van der Waals surface area contributed by atoms with Crippen molar-refractivity contribution < 1.29 is 4.74 Å². The van der Waals surface area contributed by atoms with Gasteiger partial charge in [-0.2, -0.15) is 0 Å². The van der Waals surface area contributed by atoms with E-state index in [4.69, 9.17) is 22.1 Å². The number of aliphatic imine (C=N–C) groups is 1. The van der Waals surface area contributed by atoms with Gasteiger partial charge in [0.05, 0.1) is 6.54 Å². The number of aromatic nitrogens is 1. The van der Waals surface area contributed by atoms with Crippen molar-refractivity contribution in [2.45, 2.75) is 13.0 Å². The SMILES string of the molecule is CC(CN=C(N)N1CCN(c2nccs2)CC1)Oc1ccc(Cl)cc1.I. The fourth-order valence-corrected chi connectivity index (χ4v) is 3.43. The summed E-state index contributed by atoms with van der Waals surface area (Å²) in [5.41, 5.74) is 6.15. The fraction of sp³-hybridized carbons (Fsp3) is 0.412. The van der Waals surface area contributed by atoms with Gasteiger partial charge in [-0.3, -0.25) is 0 Å². The van der Waals surface area contributed by atoms with Gasteiger partial charge in [0.15, 0.2) is 11.1 Å². The van der Waals surface area contributed by atoms with Crippen LogP contribution in [0.5, 0.6) is 5.75 Å². The first kappa shape index (κ1) is 21.0. The Morgan fingerprint density at radius 1 is 1.31 bits per heavy atom. The van der Waals surface area contributed by atoms with Gasteiger partial charge >= 0.3 is 0 Å². The van der Waals surface area contributed by atoms with Crippen LogP contribution < -0.4 is 15.4 Å². The molecular weight excluding hydrogens is 485 g/mol. The molecule has 1 atom stereocenters. The van der Waals surface area contributed by atoms with Crippen LogP contribution in [0.1, 0.15) is 6.92 Å². The van der Waals surface area contributed by atoms with Gasteiger partial charge in [0.25, 0.3) is 0 Å². The van der Waals surface area contributed by atoms with Crippen molar-refractivity contribution in [3.05, 3.63) is 40.9 Å². The largest absolute Gasteiger partial charge is 0.489 e. The highest BCUT2D eigenvalue weighted by Crippen LogP contribution is 2.19. The van der Waals surface area contributed by atoms with Crippen LogP contribution in [0.15, 0.2) is 40.8 Å². The van der Waals surface area contributed by atoms with Crippen LogP contribution in [-0.4, -0.2) is 54.7 Å². The standard InChI is InChI=1S/C17H22ClN5OS.HI/c1-13(24-15-4-2-14(18)3-5-15)12-21-16(19)22-7-9-23(10-8-22)17-20-6-11-25-17;/h2-6,11,13H,7-10,12H2,1H3,(H2,19,21);1H. The van der Waals surface area contributed by atoms with E-state index in [1.54, 1.807) is 11.3 Å². The Labute approximate surface area is 180 Å². The minimum Gasteiger partial charge on any atom is -0.489 e. The molecule has 0 radical (unpaired) electrons. The lowest BCUT2D eigenvalue weighted by atomic mass is 10.3. The molecule has 26 heavy (non-hydrogen) atoms. The zero-order valence-corrected chi connectivity index (χ0v) is 18.4. The Morgan fingerprint density at radius 2 is 2.00 bits per heavy atom. The molecule has 0 bridgehead atoms. The lowest BCUT2D eigenvalue weighted by Crippen LogP contribution is -2.51. The van der Waals surface area contributed by atoms with Crippen molar-refractivity contribution in [2.75, 3.05) is 37.6 Å². The molecule has 0 saturated carbocycles. The number of benzene rings is 1. The van der Waals surface area contributed by atoms with E-state index in [9.17, 15) is 0 Å². The molecule has 1 fully saturated rings. The predicted molar refractivity (Wildman–Crippen MR) is 119 cm³/mol. The Kier molecular flexibility index (Phi) is 8.23.